The molecule has 0 atom stereocenters. The monoisotopic (exact) mass is 417 g/mol. The minimum absolute atomic E-state index is 0.138. The molecule has 0 bridgehead atoms. The van der Waals surface area contributed by atoms with Crippen molar-refractivity contribution in [2.24, 2.45) is 0 Å². The number of nitrogens with zero attached hydrogens (tertiary/aromatic N) is 4. The molecule has 2 heterocycles. The third-order valence-corrected chi connectivity index (χ3v) is 6.13. The summed E-state index contributed by atoms with van der Waals surface area (Å²) in [7, 11) is 0. The molecule has 2 aromatic carbocycles. The Hall–Kier alpha value is -2.96. The molecule has 4 rings (SSSR count). The summed E-state index contributed by atoms with van der Waals surface area (Å²) in [5.41, 5.74) is 5.59. The number of rotatable bonds is 6. The number of aryl methyl sites for hydroxylation is 1. The highest BCUT2D eigenvalue weighted by Gasteiger charge is 2.17. The van der Waals surface area contributed by atoms with E-state index in [9.17, 15) is 4.79 Å². The molecule has 1 aromatic heterocycles. The van der Waals surface area contributed by atoms with E-state index >= 15 is 0 Å². The van der Waals surface area contributed by atoms with Crippen LogP contribution >= 0.6 is 0 Å². The van der Waals surface area contributed by atoms with Gasteiger partial charge in [0, 0.05) is 38.4 Å². The number of amides is 1. The van der Waals surface area contributed by atoms with Gasteiger partial charge in [0.2, 0.25) is 0 Å². The van der Waals surface area contributed by atoms with E-state index in [0.717, 1.165) is 61.9 Å². The number of likely N-dealkylation sites (N-methyl/N-ethyl adjacent to an activating group) is 1. The van der Waals surface area contributed by atoms with Crippen molar-refractivity contribution in [2.45, 2.75) is 27.3 Å². The number of aromatic nitrogens is 2. The number of anilines is 1. The van der Waals surface area contributed by atoms with Crippen molar-refractivity contribution >= 4 is 11.6 Å². The molecule has 0 radical (unpaired) electrons. The van der Waals surface area contributed by atoms with Gasteiger partial charge in [0.15, 0.2) is 0 Å². The van der Waals surface area contributed by atoms with Gasteiger partial charge < -0.3 is 10.2 Å². The number of para-hydroxylation sites is 1. The smallest absolute Gasteiger partial charge is 0.259 e. The molecule has 0 saturated carbocycles. The Kier molecular flexibility index (Phi) is 6.49. The van der Waals surface area contributed by atoms with E-state index in [1.54, 1.807) is 6.20 Å². The normalized spacial score (nSPS) is 15.2. The standard InChI is InChI=1S/C25H31N5O/c1-4-28-13-15-29(16-14-28)18-21-9-11-22(12-10-21)27-25(31)23-17-26-30(20(23)3)24-8-6-5-7-19(24)2/h5-12,17H,4,13-16,18H2,1-3H3,(H,27,31). The molecule has 31 heavy (non-hydrogen) atoms. The van der Waals surface area contributed by atoms with Crippen LogP contribution in [0, 0.1) is 13.8 Å². The average Bonchev–Trinajstić information content (AvgIpc) is 3.17. The summed E-state index contributed by atoms with van der Waals surface area (Å²) in [4.78, 5) is 17.8. The van der Waals surface area contributed by atoms with Crippen LogP contribution in [-0.4, -0.2) is 58.2 Å². The van der Waals surface area contributed by atoms with Gasteiger partial charge >= 0.3 is 0 Å². The van der Waals surface area contributed by atoms with E-state index in [1.807, 2.05) is 54.9 Å². The van der Waals surface area contributed by atoms with Crippen LogP contribution in [0.2, 0.25) is 0 Å². The first-order valence-corrected chi connectivity index (χ1v) is 11.0. The molecule has 6 nitrogen and oxygen atoms in total. The fraction of sp³-hybridized carbons (Fsp3) is 0.360. The molecule has 1 aliphatic heterocycles. The number of hydrogen-bond acceptors (Lipinski definition) is 4. The highest BCUT2D eigenvalue weighted by molar-refractivity contribution is 6.05. The lowest BCUT2D eigenvalue weighted by Gasteiger charge is -2.34. The second-order valence-corrected chi connectivity index (χ2v) is 8.20. The SMILES string of the molecule is CCN1CCN(Cc2ccc(NC(=O)c3cnn(-c4ccccc4C)c3C)cc2)CC1. The van der Waals surface area contributed by atoms with E-state index < -0.39 is 0 Å². The van der Waals surface area contributed by atoms with Crippen molar-refractivity contribution in [1.29, 1.82) is 0 Å². The summed E-state index contributed by atoms with van der Waals surface area (Å²) in [6.07, 6.45) is 1.64. The number of hydrogen-bond donors (Lipinski definition) is 1. The quantitative estimate of drug-likeness (QED) is 0.661. The predicted octanol–water partition coefficient (Wildman–Crippen LogP) is 3.88. The van der Waals surface area contributed by atoms with Crippen molar-refractivity contribution in [3.63, 3.8) is 0 Å². The van der Waals surface area contributed by atoms with Gasteiger partial charge in [-0.3, -0.25) is 9.69 Å². The topological polar surface area (TPSA) is 53.4 Å². The lowest BCUT2D eigenvalue weighted by atomic mass is 10.1. The van der Waals surface area contributed by atoms with Gasteiger partial charge in [-0.25, -0.2) is 4.68 Å². The number of carbonyl (C=O) groups is 1. The first kappa shape index (κ1) is 21.3. The zero-order valence-corrected chi connectivity index (χ0v) is 18.6. The van der Waals surface area contributed by atoms with Gasteiger partial charge in [-0.2, -0.15) is 5.10 Å². The Labute approximate surface area is 184 Å². The molecular formula is C25H31N5O. The molecule has 1 N–H and O–H groups in total. The van der Waals surface area contributed by atoms with Gasteiger partial charge in [0.05, 0.1) is 23.1 Å². The number of piperazine rings is 1. The molecule has 0 spiro atoms. The maximum Gasteiger partial charge on any atom is 0.259 e. The molecule has 1 aliphatic rings. The molecule has 0 unspecified atom stereocenters. The van der Waals surface area contributed by atoms with Crippen molar-refractivity contribution in [3.05, 3.63) is 77.1 Å². The van der Waals surface area contributed by atoms with Gasteiger partial charge in [-0.15, -0.1) is 0 Å². The third-order valence-electron chi connectivity index (χ3n) is 6.13. The van der Waals surface area contributed by atoms with Gasteiger partial charge in [-0.1, -0.05) is 37.3 Å². The van der Waals surface area contributed by atoms with Gasteiger partial charge in [0.25, 0.3) is 5.91 Å². The summed E-state index contributed by atoms with van der Waals surface area (Å²) < 4.78 is 1.83. The van der Waals surface area contributed by atoms with Crippen LogP contribution in [0.3, 0.4) is 0 Å². The molecule has 0 aliphatic carbocycles. The van der Waals surface area contributed by atoms with E-state index in [2.05, 4.69) is 39.3 Å². The molecule has 162 valence electrons. The molecule has 6 heteroatoms. The summed E-state index contributed by atoms with van der Waals surface area (Å²) in [5, 5.41) is 7.46. The van der Waals surface area contributed by atoms with Gasteiger partial charge in [-0.05, 0) is 49.7 Å². The van der Waals surface area contributed by atoms with Crippen LogP contribution in [0.25, 0.3) is 5.69 Å². The molecule has 3 aromatic rings. The number of nitrogens with one attached hydrogen (secondary N) is 1. The van der Waals surface area contributed by atoms with Crippen LogP contribution < -0.4 is 5.32 Å². The second-order valence-electron chi connectivity index (χ2n) is 8.20. The summed E-state index contributed by atoms with van der Waals surface area (Å²) in [5.74, 6) is -0.138. The van der Waals surface area contributed by atoms with Crippen molar-refractivity contribution in [1.82, 2.24) is 19.6 Å². The Bertz CT molecular complexity index is 1030. The summed E-state index contributed by atoms with van der Waals surface area (Å²) in [6.45, 7) is 12.8. The zero-order valence-electron chi connectivity index (χ0n) is 18.6. The van der Waals surface area contributed by atoms with Crippen LogP contribution in [0.4, 0.5) is 5.69 Å². The van der Waals surface area contributed by atoms with Crippen LogP contribution in [0.15, 0.2) is 54.7 Å². The minimum atomic E-state index is -0.138. The Morgan fingerprint density at radius 1 is 0.968 bits per heavy atom. The zero-order chi connectivity index (χ0) is 21.8. The summed E-state index contributed by atoms with van der Waals surface area (Å²) >= 11 is 0. The Morgan fingerprint density at radius 2 is 1.65 bits per heavy atom. The maximum atomic E-state index is 12.8. The van der Waals surface area contributed by atoms with E-state index in [1.165, 1.54) is 5.56 Å². The van der Waals surface area contributed by atoms with Crippen LogP contribution in [0.5, 0.6) is 0 Å². The first-order chi connectivity index (χ1) is 15.0. The molecule has 1 saturated heterocycles. The van der Waals surface area contributed by atoms with Crippen molar-refractivity contribution < 1.29 is 4.79 Å². The van der Waals surface area contributed by atoms with Gasteiger partial charge in [0.1, 0.15) is 0 Å². The highest BCUT2D eigenvalue weighted by Crippen LogP contribution is 2.19. The lowest BCUT2D eigenvalue weighted by Crippen LogP contribution is -2.45. The minimum Gasteiger partial charge on any atom is -0.322 e. The molecule has 1 fully saturated rings. The predicted molar refractivity (Wildman–Crippen MR) is 125 cm³/mol. The van der Waals surface area contributed by atoms with Crippen molar-refractivity contribution in [2.75, 3.05) is 38.0 Å². The fourth-order valence-corrected chi connectivity index (χ4v) is 4.09. The lowest BCUT2D eigenvalue weighted by molar-refractivity contribution is 0.102. The number of carbonyl (C=O) groups excluding carboxylic acids is 1. The average molecular weight is 418 g/mol. The number of benzene rings is 2. The Morgan fingerprint density at radius 3 is 2.32 bits per heavy atom. The highest BCUT2D eigenvalue weighted by atomic mass is 16.1. The van der Waals surface area contributed by atoms with Crippen LogP contribution in [0.1, 0.15) is 34.1 Å². The van der Waals surface area contributed by atoms with Crippen molar-refractivity contribution in [3.8, 4) is 5.69 Å². The molecular weight excluding hydrogens is 386 g/mol. The van der Waals surface area contributed by atoms with E-state index in [-0.39, 0.29) is 5.91 Å². The first-order valence-electron chi connectivity index (χ1n) is 11.0. The van der Waals surface area contributed by atoms with E-state index in [0.29, 0.717) is 5.56 Å². The van der Waals surface area contributed by atoms with Crippen LogP contribution in [-0.2, 0) is 6.54 Å². The largest absolute Gasteiger partial charge is 0.322 e. The Balaban J connectivity index is 1.39. The fourth-order valence-electron chi connectivity index (χ4n) is 4.09. The maximum absolute atomic E-state index is 12.8. The van der Waals surface area contributed by atoms with E-state index in [4.69, 9.17) is 0 Å². The third kappa shape index (κ3) is 4.86. The second kappa shape index (κ2) is 9.45. The molecule has 1 amide bonds. The summed E-state index contributed by atoms with van der Waals surface area (Å²) in [6, 6.07) is 16.2.